The van der Waals surface area contributed by atoms with Crippen molar-refractivity contribution in [2.24, 2.45) is 0 Å². The topological polar surface area (TPSA) is 76.6 Å². The van der Waals surface area contributed by atoms with Crippen molar-refractivity contribution in [3.63, 3.8) is 0 Å². The van der Waals surface area contributed by atoms with Crippen molar-refractivity contribution in [3.05, 3.63) is 75.6 Å². The molecule has 6 nitrogen and oxygen atoms in total. The van der Waals surface area contributed by atoms with Crippen LogP contribution >= 0.6 is 0 Å². The number of hydrogen-bond donors (Lipinski definition) is 1. The van der Waals surface area contributed by atoms with E-state index in [0.717, 1.165) is 0 Å². The number of anilines is 1. The molecular weight excluding hydrogens is 258 g/mol. The summed E-state index contributed by atoms with van der Waals surface area (Å²) in [5, 5.41) is 13.4. The third-order valence-electron chi connectivity index (χ3n) is 2.60. The van der Waals surface area contributed by atoms with E-state index < -0.39 is 10.8 Å². The summed E-state index contributed by atoms with van der Waals surface area (Å²) in [6.45, 7) is 6.83. The lowest BCUT2D eigenvalue weighted by Crippen LogP contribution is -2.13. The number of carbonyl (C=O) groups is 1. The van der Waals surface area contributed by atoms with Crippen molar-refractivity contribution >= 4 is 23.0 Å². The first-order valence-corrected chi connectivity index (χ1v) is 5.64. The van der Waals surface area contributed by atoms with E-state index >= 15 is 0 Å². The number of benzene rings is 2. The average molecular weight is 267 g/mol. The highest BCUT2D eigenvalue weighted by Crippen LogP contribution is 2.20. The molecule has 0 aliphatic rings. The zero-order valence-electron chi connectivity index (χ0n) is 10.2. The highest BCUT2D eigenvalue weighted by Gasteiger charge is 2.18. The Morgan fingerprint density at radius 3 is 2.40 bits per heavy atom. The van der Waals surface area contributed by atoms with Crippen LogP contribution in [-0.2, 0) is 0 Å². The fraction of sp³-hybridized carbons (Fsp3) is 0. The Kier molecular flexibility index (Phi) is 3.72. The van der Waals surface area contributed by atoms with Gasteiger partial charge in [0.15, 0.2) is 5.69 Å². The minimum Gasteiger partial charge on any atom is -0.322 e. The van der Waals surface area contributed by atoms with E-state index in [1.54, 1.807) is 30.3 Å². The first-order valence-electron chi connectivity index (χ1n) is 5.64. The molecule has 0 aromatic heterocycles. The molecule has 0 atom stereocenters. The number of carbonyl (C=O) groups excluding carboxylic acids is 1. The smallest absolute Gasteiger partial charge is 0.282 e. The summed E-state index contributed by atoms with van der Waals surface area (Å²) in [5.74, 6) is -0.562. The van der Waals surface area contributed by atoms with Crippen molar-refractivity contribution in [2.45, 2.75) is 0 Å². The number of amides is 1. The van der Waals surface area contributed by atoms with Gasteiger partial charge in [-0.2, -0.15) is 0 Å². The molecule has 0 heterocycles. The van der Waals surface area contributed by atoms with E-state index in [4.69, 9.17) is 6.57 Å². The summed E-state index contributed by atoms with van der Waals surface area (Å²) >= 11 is 0. The van der Waals surface area contributed by atoms with Crippen LogP contribution in [0, 0.1) is 16.7 Å². The average Bonchev–Trinajstić information content (AvgIpc) is 2.48. The fourth-order valence-electron chi connectivity index (χ4n) is 1.64. The molecule has 0 saturated carbocycles. The fourth-order valence-corrected chi connectivity index (χ4v) is 1.64. The van der Waals surface area contributed by atoms with Gasteiger partial charge in [-0.25, -0.2) is 4.85 Å². The Morgan fingerprint density at radius 2 is 1.80 bits per heavy atom. The molecule has 0 radical (unpaired) electrons. The molecule has 2 aromatic rings. The number of nitrogens with one attached hydrogen (secondary N) is 1. The standard InChI is InChI=1S/C14H9N3O3/c1-15-10-6-8-11(9-7-10)16-14(18)12-4-2-3-5-13(12)17(19)20/h2-9H,(H,16,18). The molecule has 1 amide bonds. The number of nitrogens with zero attached hydrogens (tertiary/aromatic N) is 2. The Balaban J connectivity index is 2.24. The van der Waals surface area contributed by atoms with Gasteiger partial charge >= 0.3 is 0 Å². The third-order valence-corrected chi connectivity index (χ3v) is 2.60. The number of rotatable bonds is 3. The molecule has 0 aliphatic heterocycles. The van der Waals surface area contributed by atoms with Crippen LogP contribution < -0.4 is 5.32 Å². The maximum atomic E-state index is 12.0. The summed E-state index contributed by atoms with van der Waals surface area (Å²) in [4.78, 5) is 25.5. The lowest BCUT2D eigenvalue weighted by Gasteiger charge is -2.05. The predicted molar refractivity (Wildman–Crippen MR) is 73.8 cm³/mol. The van der Waals surface area contributed by atoms with Crippen molar-refractivity contribution in [1.29, 1.82) is 0 Å². The van der Waals surface area contributed by atoms with E-state index in [1.807, 2.05) is 0 Å². The molecule has 2 aromatic carbocycles. The molecule has 98 valence electrons. The molecule has 0 bridgehead atoms. The molecule has 2 rings (SSSR count). The maximum absolute atomic E-state index is 12.0. The molecule has 6 heteroatoms. The minimum atomic E-state index is -0.600. The normalized spacial score (nSPS) is 9.55. The van der Waals surface area contributed by atoms with Gasteiger partial charge in [-0.05, 0) is 18.2 Å². The van der Waals surface area contributed by atoms with Crippen LogP contribution in [0.5, 0.6) is 0 Å². The summed E-state index contributed by atoms with van der Waals surface area (Å²) in [5.41, 5.74) is 0.670. The van der Waals surface area contributed by atoms with Gasteiger partial charge < -0.3 is 5.32 Å². The zero-order valence-corrected chi connectivity index (χ0v) is 10.2. The highest BCUT2D eigenvalue weighted by atomic mass is 16.6. The van der Waals surface area contributed by atoms with Gasteiger partial charge in [0, 0.05) is 11.8 Å². The lowest BCUT2D eigenvalue weighted by atomic mass is 10.1. The Hall–Kier alpha value is -3.20. The van der Waals surface area contributed by atoms with Gasteiger partial charge in [0.2, 0.25) is 0 Å². The van der Waals surface area contributed by atoms with Crippen LogP contribution in [0.3, 0.4) is 0 Å². The molecule has 0 aliphatic carbocycles. The number of nitro benzene ring substituents is 1. The first-order chi connectivity index (χ1) is 9.61. The summed E-state index contributed by atoms with van der Waals surface area (Å²) in [7, 11) is 0. The van der Waals surface area contributed by atoms with Gasteiger partial charge in [0.25, 0.3) is 11.6 Å². The second-order valence-electron chi connectivity index (χ2n) is 3.89. The van der Waals surface area contributed by atoms with Crippen LogP contribution in [0.2, 0.25) is 0 Å². The first kappa shape index (κ1) is 13.2. The van der Waals surface area contributed by atoms with Crippen LogP contribution in [0.15, 0.2) is 48.5 Å². The SMILES string of the molecule is [C-]#[N+]c1ccc(NC(=O)c2ccccc2[N+](=O)[O-])cc1. The summed E-state index contributed by atoms with van der Waals surface area (Å²) in [6, 6.07) is 12.0. The van der Waals surface area contributed by atoms with Crippen LogP contribution in [-0.4, -0.2) is 10.8 Å². The quantitative estimate of drug-likeness (QED) is 0.526. The van der Waals surface area contributed by atoms with Crippen LogP contribution in [0.1, 0.15) is 10.4 Å². The molecular formula is C14H9N3O3. The van der Waals surface area contributed by atoms with E-state index in [0.29, 0.717) is 11.4 Å². The molecule has 0 saturated heterocycles. The van der Waals surface area contributed by atoms with Gasteiger partial charge in [0.05, 0.1) is 11.5 Å². The van der Waals surface area contributed by atoms with E-state index in [-0.39, 0.29) is 11.3 Å². The molecule has 1 N–H and O–H groups in total. The van der Waals surface area contributed by atoms with E-state index in [9.17, 15) is 14.9 Å². The monoisotopic (exact) mass is 267 g/mol. The molecule has 20 heavy (non-hydrogen) atoms. The predicted octanol–water partition coefficient (Wildman–Crippen LogP) is 3.40. The van der Waals surface area contributed by atoms with Gasteiger partial charge in [0.1, 0.15) is 5.56 Å². The number of hydrogen-bond acceptors (Lipinski definition) is 3. The highest BCUT2D eigenvalue weighted by molar-refractivity contribution is 6.07. The number of nitro groups is 1. The largest absolute Gasteiger partial charge is 0.322 e. The minimum absolute atomic E-state index is 0.00763. The maximum Gasteiger partial charge on any atom is 0.282 e. The number of para-hydroxylation sites is 1. The lowest BCUT2D eigenvalue weighted by molar-refractivity contribution is -0.385. The van der Waals surface area contributed by atoms with Crippen molar-refractivity contribution in [1.82, 2.24) is 0 Å². The summed E-state index contributed by atoms with van der Waals surface area (Å²) in [6.07, 6.45) is 0. The van der Waals surface area contributed by atoms with Crippen molar-refractivity contribution in [2.75, 3.05) is 5.32 Å². The van der Waals surface area contributed by atoms with Crippen molar-refractivity contribution in [3.8, 4) is 0 Å². The second-order valence-corrected chi connectivity index (χ2v) is 3.89. The summed E-state index contributed by atoms with van der Waals surface area (Å²) < 4.78 is 0. The van der Waals surface area contributed by atoms with E-state index in [2.05, 4.69) is 10.2 Å². The Labute approximate surface area is 114 Å². The Bertz CT molecular complexity index is 702. The van der Waals surface area contributed by atoms with E-state index in [1.165, 1.54) is 18.2 Å². The van der Waals surface area contributed by atoms with Crippen LogP contribution in [0.25, 0.3) is 4.85 Å². The molecule has 0 spiro atoms. The third kappa shape index (κ3) is 2.79. The zero-order chi connectivity index (χ0) is 14.5. The van der Waals surface area contributed by atoms with Gasteiger partial charge in [-0.1, -0.05) is 24.3 Å². The molecule has 0 fully saturated rings. The van der Waals surface area contributed by atoms with Gasteiger partial charge in [-0.15, -0.1) is 0 Å². The molecule has 0 unspecified atom stereocenters. The van der Waals surface area contributed by atoms with Crippen molar-refractivity contribution < 1.29 is 9.72 Å². The second kappa shape index (κ2) is 5.63. The van der Waals surface area contributed by atoms with Crippen LogP contribution in [0.4, 0.5) is 17.1 Å². The van der Waals surface area contributed by atoms with Gasteiger partial charge in [-0.3, -0.25) is 14.9 Å². The Morgan fingerprint density at radius 1 is 1.15 bits per heavy atom.